The largest absolute Gasteiger partial charge is 0.491 e. The molecule has 0 unspecified atom stereocenters. The summed E-state index contributed by atoms with van der Waals surface area (Å²) in [5.41, 5.74) is 10.4. The highest BCUT2D eigenvalue weighted by Crippen LogP contribution is 2.37. The molecule has 5 nitrogen and oxygen atoms in total. The second-order valence-corrected chi connectivity index (χ2v) is 9.53. The Balaban J connectivity index is 1.90. The van der Waals surface area contributed by atoms with Gasteiger partial charge in [0, 0.05) is 11.1 Å². The van der Waals surface area contributed by atoms with E-state index in [1.54, 1.807) is 11.3 Å². The van der Waals surface area contributed by atoms with Crippen LogP contribution in [-0.2, 0) is 6.54 Å². The molecule has 1 heterocycles. The summed E-state index contributed by atoms with van der Waals surface area (Å²) in [5.74, 6) is 0.696. The highest BCUT2D eigenvalue weighted by atomic mass is 35.5. The number of anilines is 2. The van der Waals surface area contributed by atoms with Gasteiger partial charge in [-0.05, 0) is 60.9 Å². The summed E-state index contributed by atoms with van der Waals surface area (Å²) in [6, 6.07) is 11.8. The summed E-state index contributed by atoms with van der Waals surface area (Å²) in [6.07, 6.45) is 9.41. The molecule has 3 aromatic rings. The van der Waals surface area contributed by atoms with E-state index in [2.05, 4.69) is 34.9 Å². The molecule has 0 aliphatic heterocycles. The molecular weight excluding hydrogens is 440 g/mol. The van der Waals surface area contributed by atoms with E-state index in [1.165, 1.54) is 32.1 Å². The standard InChI is InChI=1S/C25H33ClN4OS/c1-3-5-7-9-15-30-22-18-23(31-16-10-8-6-4-2)21(29-27)17-24(22)32-25(30)28-20-13-11-19(26)12-14-20/h11-14,17-18,27H,3-10,15-16H2,1-2H3/p+1. The van der Waals surface area contributed by atoms with Gasteiger partial charge in [0.2, 0.25) is 0 Å². The van der Waals surface area contributed by atoms with E-state index in [9.17, 15) is 0 Å². The molecule has 0 aliphatic rings. The topological polar surface area (TPSA) is 61.4 Å². The van der Waals surface area contributed by atoms with Crippen molar-refractivity contribution < 1.29 is 9.30 Å². The molecule has 0 saturated carbocycles. The van der Waals surface area contributed by atoms with Gasteiger partial charge in [-0.3, -0.25) is 0 Å². The van der Waals surface area contributed by atoms with Crippen LogP contribution < -0.4 is 14.6 Å². The first-order valence-corrected chi connectivity index (χ1v) is 12.9. The SMILES string of the molecule is CCCCCCOc1cc2c(cc1N=N)sc(Nc1ccc(Cl)cc1)[n+]2CCCCCC. The van der Waals surface area contributed by atoms with Crippen molar-refractivity contribution in [2.24, 2.45) is 5.11 Å². The number of fused-ring (bicyclic) bond motifs is 1. The van der Waals surface area contributed by atoms with E-state index < -0.39 is 0 Å². The highest BCUT2D eigenvalue weighted by Gasteiger charge is 2.21. The Labute approximate surface area is 200 Å². The van der Waals surface area contributed by atoms with Crippen LogP contribution in [0.15, 0.2) is 41.5 Å². The number of unbranched alkanes of at least 4 members (excludes halogenated alkanes) is 6. The van der Waals surface area contributed by atoms with Gasteiger partial charge in [0.15, 0.2) is 5.75 Å². The van der Waals surface area contributed by atoms with Crippen molar-refractivity contribution in [1.29, 1.82) is 5.53 Å². The van der Waals surface area contributed by atoms with Gasteiger partial charge < -0.3 is 4.74 Å². The first-order chi connectivity index (χ1) is 15.7. The fraction of sp³-hybridized carbons (Fsp3) is 0.480. The molecule has 2 N–H and O–H groups in total. The molecule has 32 heavy (non-hydrogen) atoms. The third kappa shape index (κ3) is 6.66. The van der Waals surface area contributed by atoms with Crippen LogP contribution in [0.2, 0.25) is 5.02 Å². The number of nitrogens with zero attached hydrogens (tertiary/aromatic N) is 2. The summed E-state index contributed by atoms with van der Waals surface area (Å²) >= 11 is 7.74. The Morgan fingerprint density at radius 2 is 1.72 bits per heavy atom. The Morgan fingerprint density at radius 3 is 2.41 bits per heavy atom. The summed E-state index contributed by atoms with van der Waals surface area (Å²) in [6.45, 7) is 6.03. The third-order valence-corrected chi connectivity index (χ3v) is 6.80. The molecule has 7 heteroatoms. The first-order valence-electron chi connectivity index (χ1n) is 11.7. The lowest BCUT2D eigenvalue weighted by atomic mass is 10.2. The van der Waals surface area contributed by atoms with E-state index in [1.807, 2.05) is 30.3 Å². The third-order valence-electron chi connectivity index (χ3n) is 5.49. The lowest BCUT2D eigenvalue weighted by Crippen LogP contribution is -2.34. The second-order valence-electron chi connectivity index (χ2n) is 8.06. The average molecular weight is 474 g/mol. The monoisotopic (exact) mass is 473 g/mol. The summed E-state index contributed by atoms with van der Waals surface area (Å²) in [5, 5.41) is 9.09. The number of aryl methyl sites for hydroxylation is 1. The van der Waals surface area contributed by atoms with Gasteiger partial charge in [0.1, 0.15) is 16.9 Å². The maximum atomic E-state index is 7.64. The molecule has 0 spiro atoms. The van der Waals surface area contributed by atoms with Gasteiger partial charge in [0.25, 0.3) is 0 Å². The molecule has 0 atom stereocenters. The highest BCUT2D eigenvalue weighted by molar-refractivity contribution is 7.21. The zero-order chi connectivity index (χ0) is 22.8. The normalized spacial score (nSPS) is 11.1. The molecule has 2 aromatic carbocycles. The van der Waals surface area contributed by atoms with Gasteiger partial charge in [-0.15, -0.1) is 0 Å². The Hall–Kier alpha value is -2.18. The summed E-state index contributed by atoms with van der Waals surface area (Å²) in [7, 11) is 0. The average Bonchev–Trinajstić information content (AvgIpc) is 3.13. The van der Waals surface area contributed by atoms with Crippen molar-refractivity contribution >= 4 is 49.7 Å². The quantitative estimate of drug-likeness (QED) is 0.139. The van der Waals surface area contributed by atoms with Crippen LogP contribution in [0, 0.1) is 5.53 Å². The molecular formula is C25H34ClN4OS+. The fourth-order valence-electron chi connectivity index (χ4n) is 3.68. The smallest absolute Gasteiger partial charge is 0.339 e. The van der Waals surface area contributed by atoms with Gasteiger partial charge in [-0.25, -0.2) is 15.4 Å². The number of ether oxygens (including phenoxy) is 1. The molecule has 0 aliphatic carbocycles. The number of halogens is 1. The fourth-order valence-corrected chi connectivity index (χ4v) is 4.93. The minimum Gasteiger partial charge on any atom is -0.491 e. The van der Waals surface area contributed by atoms with Gasteiger partial charge in [-0.1, -0.05) is 57.6 Å². The van der Waals surface area contributed by atoms with Gasteiger partial charge in [0.05, 0.1) is 17.9 Å². The number of benzene rings is 2. The van der Waals surface area contributed by atoms with Crippen LogP contribution in [0.5, 0.6) is 5.75 Å². The lowest BCUT2D eigenvalue weighted by molar-refractivity contribution is -0.654. The van der Waals surface area contributed by atoms with E-state index in [4.69, 9.17) is 21.9 Å². The van der Waals surface area contributed by atoms with E-state index >= 15 is 0 Å². The van der Waals surface area contributed by atoms with Crippen LogP contribution in [-0.4, -0.2) is 6.61 Å². The number of nitrogens with one attached hydrogen (secondary N) is 2. The van der Waals surface area contributed by atoms with Crippen molar-refractivity contribution in [1.82, 2.24) is 0 Å². The van der Waals surface area contributed by atoms with Crippen molar-refractivity contribution in [2.45, 2.75) is 71.8 Å². The predicted molar refractivity (Wildman–Crippen MR) is 135 cm³/mol. The van der Waals surface area contributed by atoms with Crippen LogP contribution >= 0.6 is 22.9 Å². The van der Waals surface area contributed by atoms with E-state index in [0.29, 0.717) is 18.0 Å². The molecule has 172 valence electrons. The van der Waals surface area contributed by atoms with Crippen molar-refractivity contribution in [3.8, 4) is 5.75 Å². The number of rotatable bonds is 14. The molecule has 3 rings (SSSR count). The summed E-state index contributed by atoms with van der Waals surface area (Å²) < 4.78 is 9.50. The van der Waals surface area contributed by atoms with Crippen LogP contribution in [0.1, 0.15) is 65.2 Å². The number of aromatic nitrogens is 1. The second kappa shape index (κ2) is 12.8. The molecule has 0 saturated heterocycles. The minimum atomic E-state index is 0.588. The van der Waals surface area contributed by atoms with Crippen molar-refractivity contribution in [2.75, 3.05) is 11.9 Å². The predicted octanol–water partition coefficient (Wildman–Crippen LogP) is 8.79. The Kier molecular flexibility index (Phi) is 9.75. The van der Waals surface area contributed by atoms with Crippen molar-refractivity contribution in [3.05, 3.63) is 41.4 Å². The lowest BCUT2D eigenvalue weighted by Gasteiger charge is -2.09. The van der Waals surface area contributed by atoms with Crippen molar-refractivity contribution in [3.63, 3.8) is 0 Å². The number of hydrogen-bond acceptors (Lipinski definition) is 5. The summed E-state index contributed by atoms with van der Waals surface area (Å²) in [4.78, 5) is 0. The van der Waals surface area contributed by atoms with Gasteiger partial charge in [-0.2, -0.15) is 5.11 Å². The van der Waals surface area contributed by atoms with E-state index in [-0.39, 0.29) is 0 Å². The maximum Gasteiger partial charge on any atom is 0.339 e. The van der Waals surface area contributed by atoms with Crippen LogP contribution in [0.25, 0.3) is 10.2 Å². The Morgan fingerprint density at radius 1 is 1.00 bits per heavy atom. The molecule has 0 fully saturated rings. The van der Waals surface area contributed by atoms with Crippen LogP contribution in [0.3, 0.4) is 0 Å². The molecule has 1 aromatic heterocycles. The van der Waals surface area contributed by atoms with Crippen LogP contribution in [0.4, 0.5) is 16.5 Å². The maximum absolute atomic E-state index is 7.64. The molecule has 0 amide bonds. The zero-order valence-corrected chi connectivity index (χ0v) is 20.7. The zero-order valence-electron chi connectivity index (χ0n) is 19.1. The first kappa shape index (κ1) is 24.5. The Bertz CT molecular complexity index is 1000. The number of hydrogen-bond donors (Lipinski definition) is 2. The number of thiazole rings is 1. The minimum absolute atomic E-state index is 0.588. The molecule has 0 radical (unpaired) electrons. The molecule has 0 bridgehead atoms. The van der Waals surface area contributed by atoms with Gasteiger partial charge >= 0.3 is 5.13 Å². The van der Waals surface area contributed by atoms with E-state index in [0.717, 1.165) is 51.9 Å².